The molecular formula is C15H19N3O2. The Morgan fingerprint density at radius 2 is 2.10 bits per heavy atom. The zero-order chi connectivity index (χ0) is 14.4. The van der Waals surface area contributed by atoms with Crippen molar-refractivity contribution in [3.05, 3.63) is 30.5 Å². The van der Waals surface area contributed by atoms with Crippen LogP contribution in [0.5, 0.6) is 0 Å². The first-order valence-electron chi connectivity index (χ1n) is 6.77. The molecule has 0 amide bonds. The molecule has 5 nitrogen and oxygen atoms in total. The topological polar surface area (TPSA) is 88.2 Å². The number of benzene rings is 1. The monoisotopic (exact) mass is 273 g/mol. The summed E-state index contributed by atoms with van der Waals surface area (Å²) in [5.41, 5.74) is 6.50. The minimum Gasteiger partial charge on any atom is -0.481 e. The molecule has 106 valence electrons. The molecule has 0 spiro atoms. The van der Waals surface area contributed by atoms with Crippen LogP contribution in [0.2, 0.25) is 0 Å². The first kappa shape index (κ1) is 14.1. The summed E-state index contributed by atoms with van der Waals surface area (Å²) >= 11 is 0. The van der Waals surface area contributed by atoms with Crippen LogP contribution in [0, 0.1) is 0 Å². The van der Waals surface area contributed by atoms with Gasteiger partial charge in [-0.05, 0) is 42.5 Å². The number of unbranched alkanes of at least 4 members (excludes halogenated alkanes) is 2. The zero-order valence-electron chi connectivity index (χ0n) is 11.3. The summed E-state index contributed by atoms with van der Waals surface area (Å²) in [5, 5.41) is 14.0. The maximum absolute atomic E-state index is 10.4. The largest absolute Gasteiger partial charge is 0.481 e. The highest BCUT2D eigenvalue weighted by Gasteiger charge is 2.02. The number of hydrogen-bond donors (Lipinski definition) is 3. The molecule has 0 saturated carbocycles. The van der Waals surface area contributed by atoms with Gasteiger partial charge < -0.3 is 16.2 Å². The lowest BCUT2D eigenvalue weighted by atomic mass is 10.1. The van der Waals surface area contributed by atoms with Crippen molar-refractivity contribution in [2.24, 2.45) is 0 Å². The molecule has 0 aliphatic rings. The van der Waals surface area contributed by atoms with Gasteiger partial charge in [-0.3, -0.25) is 4.79 Å². The zero-order valence-corrected chi connectivity index (χ0v) is 11.3. The quantitative estimate of drug-likeness (QED) is 0.533. The van der Waals surface area contributed by atoms with Crippen LogP contribution in [-0.2, 0) is 4.79 Å². The van der Waals surface area contributed by atoms with Gasteiger partial charge in [-0.2, -0.15) is 0 Å². The highest BCUT2D eigenvalue weighted by molar-refractivity contribution is 5.93. The maximum atomic E-state index is 10.4. The van der Waals surface area contributed by atoms with Crippen molar-refractivity contribution in [2.45, 2.75) is 25.7 Å². The number of carboxylic acid groups (broad SMARTS) is 1. The molecule has 2 aromatic rings. The number of nitrogens with two attached hydrogens (primary N) is 1. The standard InChI is InChI=1S/C15H19N3O2/c16-12-5-6-13-11(10-12)7-9-18-15(13)17-8-3-1-2-4-14(19)20/h5-7,9-10H,1-4,8,16H2,(H,17,18)(H,19,20). The highest BCUT2D eigenvalue weighted by atomic mass is 16.4. The second kappa shape index (κ2) is 6.75. The van der Waals surface area contributed by atoms with E-state index in [4.69, 9.17) is 10.8 Å². The van der Waals surface area contributed by atoms with E-state index in [9.17, 15) is 4.79 Å². The summed E-state index contributed by atoms with van der Waals surface area (Å²) in [6.45, 7) is 0.788. The van der Waals surface area contributed by atoms with Crippen molar-refractivity contribution in [1.82, 2.24) is 4.98 Å². The van der Waals surface area contributed by atoms with Crippen molar-refractivity contribution < 1.29 is 9.90 Å². The number of nitrogens with zero attached hydrogens (tertiary/aromatic N) is 1. The van der Waals surface area contributed by atoms with Gasteiger partial charge in [-0.15, -0.1) is 0 Å². The number of carbonyl (C=O) groups is 1. The first-order chi connectivity index (χ1) is 9.66. The number of nitrogen functional groups attached to an aromatic ring is 1. The molecule has 0 unspecified atom stereocenters. The number of pyridine rings is 1. The third-order valence-corrected chi connectivity index (χ3v) is 3.15. The van der Waals surface area contributed by atoms with Gasteiger partial charge >= 0.3 is 5.97 Å². The van der Waals surface area contributed by atoms with E-state index in [1.807, 2.05) is 24.3 Å². The molecule has 2 rings (SSSR count). The van der Waals surface area contributed by atoms with Gasteiger partial charge in [0.1, 0.15) is 5.82 Å². The predicted molar refractivity (Wildman–Crippen MR) is 80.7 cm³/mol. The number of rotatable bonds is 7. The SMILES string of the molecule is Nc1ccc2c(NCCCCCC(=O)O)nccc2c1. The Morgan fingerprint density at radius 3 is 2.90 bits per heavy atom. The second-order valence-corrected chi connectivity index (χ2v) is 4.77. The molecule has 5 heteroatoms. The molecule has 1 aromatic carbocycles. The van der Waals surface area contributed by atoms with Crippen molar-refractivity contribution in [2.75, 3.05) is 17.6 Å². The Labute approximate surface area is 117 Å². The Balaban J connectivity index is 1.88. The molecule has 20 heavy (non-hydrogen) atoms. The van der Waals surface area contributed by atoms with E-state index in [0.29, 0.717) is 0 Å². The smallest absolute Gasteiger partial charge is 0.303 e. The van der Waals surface area contributed by atoms with Gasteiger partial charge in [0.15, 0.2) is 0 Å². The van der Waals surface area contributed by atoms with Crippen molar-refractivity contribution in [3.8, 4) is 0 Å². The molecule has 0 bridgehead atoms. The number of hydrogen-bond acceptors (Lipinski definition) is 4. The Bertz CT molecular complexity index is 599. The summed E-state index contributed by atoms with van der Waals surface area (Å²) in [4.78, 5) is 14.7. The number of aliphatic carboxylic acids is 1. The third kappa shape index (κ3) is 3.85. The average molecular weight is 273 g/mol. The lowest BCUT2D eigenvalue weighted by Crippen LogP contribution is -2.04. The van der Waals surface area contributed by atoms with Gasteiger partial charge in [0.05, 0.1) is 0 Å². The second-order valence-electron chi connectivity index (χ2n) is 4.77. The van der Waals surface area contributed by atoms with E-state index in [1.54, 1.807) is 6.20 Å². The van der Waals surface area contributed by atoms with Crippen LogP contribution in [-0.4, -0.2) is 22.6 Å². The maximum Gasteiger partial charge on any atom is 0.303 e. The summed E-state index contributed by atoms with van der Waals surface area (Å²) in [6, 6.07) is 7.69. The Kier molecular flexibility index (Phi) is 4.76. The molecule has 0 radical (unpaired) electrons. The van der Waals surface area contributed by atoms with Crippen LogP contribution in [0.4, 0.5) is 11.5 Å². The number of nitrogens with one attached hydrogen (secondary N) is 1. The van der Waals surface area contributed by atoms with Crippen molar-refractivity contribution in [3.63, 3.8) is 0 Å². The van der Waals surface area contributed by atoms with Crippen LogP contribution < -0.4 is 11.1 Å². The van der Waals surface area contributed by atoms with Crippen LogP contribution in [0.3, 0.4) is 0 Å². The van der Waals surface area contributed by atoms with Crippen LogP contribution in [0.15, 0.2) is 30.5 Å². The average Bonchev–Trinajstić information content (AvgIpc) is 2.42. The van der Waals surface area contributed by atoms with Crippen molar-refractivity contribution in [1.29, 1.82) is 0 Å². The molecule has 1 heterocycles. The number of carboxylic acids is 1. The fourth-order valence-corrected chi connectivity index (χ4v) is 2.12. The molecule has 0 aliphatic carbocycles. The van der Waals surface area contributed by atoms with E-state index >= 15 is 0 Å². The molecule has 0 fully saturated rings. The van der Waals surface area contributed by atoms with E-state index < -0.39 is 5.97 Å². The lowest BCUT2D eigenvalue weighted by molar-refractivity contribution is -0.137. The molecule has 0 aliphatic heterocycles. The molecule has 0 saturated heterocycles. The van der Waals surface area contributed by atoms with E-state index in [2.05, 4.69) is 10.3 Å². The summed E-state index contributed by atoms with van der Waals surface area (Å²) in [7, 11) is 0. The normalized spacial score (nSPS) is 10.6. The first-order valence-corrected chi connectivity index (χ1v) is 6.77. The van der Waals surface area contributed by atoms with Gasteiger partial charge in [0.25, 0.3) is 0 Å². The lowest BCUT2D eigenvalue weighted by Gasteiger charge is -2.09. The van der Waals surface area contributed by atoms with Gasteiger partial charge in [-0.1, -0.05) is 6.42 Å². The van der Waals surface area contributed by atoms with E-state index in [1.165, 1.54) is 0 Å². The minimum absolute atomic E-state index is 0.242. The van der Waals surface area contributed by atoms with Crippen LogP contribution >= 0.6 is 0 Å². The predicted octanol–water partition coefficient (Wildman–Crippen LogP) is 2.87. The summed E-state index contributed by atoms with van der Waals surface area (Å²) < 4.78 is 0. The number of fused-ring (bicyclic) bond motifs is 1. The van der Waals surface area contributed by atoms with E-state index in [0.717, 1.165) is 48.1 Å². The Morgan fingerprint density at radius 1 is 1.25 bits per heavy atom. The van der Waals surface area contributed by atoms with Gasteiger partial charge in [-0.25, -0.2) is 4.98 Å². The van der Waals surface area contributed by atoms with Crippen LogP contribution in [0.1, 0.15) is 25.7 Å². The molecule has 1 aromatic heterocycles. The van der Waals surface area contributed by atoms with Crippen molar-refractivity contribution >= 4 is 28.2 Å². The molecular weight excluding hydrogens is 254 g/mol. The molecule has 0 atom stereocenters. The summed E-state index contributed by atoms with van der Waals surface area (Å²) in [5.74, 6) is 0.118. The molecule has 4 N–H and O–H groups in total. The van der Waals surface area contributed by atoms with Gasteiger partial charge in [0.2, 0.25) is 0 Å². The van der Waals surface area contributed by atoms with E-state index in [-0.39, 0.29) is 6.42 Å². The van der Waals surface area contributed by atoms with Gasteiger partial charge in [0, 0.05) is 30.2 Å². The summed E-state index contributed by atoms with van der Waals surface area (Å²) in [6.07, 6.45) is 4.55. The number of aromatic nitrogens is 1. The third-order valence-electron chi connectivity index (χ3n) is 3.15. The fraction of sp³-hybridized carbons (Fsp3) is 0.333. The highest BCUT2D eigenvalue weighted by Crippen LogP contribution is 2.23. The Hall–Kier alpha value is -2.30. The van der Waals surface area contributed by atoms with Crippen LogP contribution in [0.25, 0.3) is 10.8 Å². The number of anilines is 2. The minimum atomic E-state index is -0.730. The fourth-order valence-electron chi connectivity index (χ4n) is 2.12.